The van der Waals surface area contributed by atoms with Gasteiger partial charge in [0.1, 0.15) is 11.3 Å². The number of amides is 1. The molecule has 0 saturated heterocycles. The number of carbonyl (C=O) groups is 1. The molecule has 4 nitrogen and oxygen atoms in total. The molecule has 118 valence electrons. The largest absolute Gasteiger partial charge is 0.444 e. The Kier molecular flexibility index (Phi) is 5.80. The summed E-state index contributed by atoms with van der Waals surface area (Å²) in [7, 11) is 0. The van der Waals surface area contributed by atoms with Gasteiger partial charge in [0.25, 0.3) is 0 Å². The van der Waals surface area contributed by atoms with Crippen LogP contribution in [0, 0.1) is 5.92 Å². The van der Waals surface area contributed by atoms with Gasteiger partial charge in [-0.05, 0) is 65.7 Å². The van der Waals surface area contributed by atoms with E-state index < -0.39 is 17.4 Å². The average molecular weight is 289 g/mol. The van der Waals surface area contributed by atoms with E-state index in [0.29, 0.717) is 25.2 Å². The third kappa shape index (κ3) is 6.55. The number of alkyl carbamates (subject to hydrolysis) is 1. The van der Waals surface area contributed by atoms with Crippen molar-refractivity contribution in [3.63, 3.8) is 0 Å². The van der Waals surface area contributed by atoms with Crippen LogP contribution in [-0.2, 0) is 4.74 Å². The minimum absolute atomic E-state index is 0.122. The van der Waals surface area contributed by atoms with Crippen LogP contribution in [0.15, 0.2) is 0 Å². The van der Waals surface area contributed by atoms with Gasteiger partial charge in [-0.1, -0.05) is 0 Å². The number of aliphatic hydroxyl groups excluding tert-OH is 1. The lowest BCUT2D eigenvalue weighted by molar-refractivity contribution is 0.0452. The molecule has 5 heteroatoms. The van der Waals surface area contributed by atoms with E-state index in [-0.39, 0.29) is 12.6 Å². The molecule has 0 heterocycles. The maximum absolute atomic E-state index is 13.7. The van der Waals surface area contributed by atoms with E-state index in [9.17, 15) is 14.3 Å². The lowest BCUT2D eigenvalue weighted by atomic mass is 9.78. The third-order valence-corrected chi connectivity index (χ3v) is 3.71. The molecule has 1 fully saturated rings. The number of ether oxygens (including phenoxy) is 1. The first-order valence-corrected chi connectivity index (χ1v) is 7.40. The van der Waals surface area contributed by atoms with Crippen molar-refractivity contribution in [1.29, 1.82) is 0 Å². The number of rotatable bonds is 4. The number of aliphatic hydroxyl groups is 1. The molecule has 20 heavy (non-hydrogen) atoms. The number of carbonyl (C=O) groups excluding carboxylic acids is 1. The predicted molar refractivity (Wildman–Crippen MR) is 76.3 cm³/mol. The molecule has 0 radical (unpaired) electrons. The molecule has 1 atom stereocenters. The summed E-state index contributed by atoms with van der Waals surface area (Å²) >= 11 is 0. The van der Waals surface area contributed by atoms with Crippen LogP contribution >= 0.6 is 0 Å². The van der Waals surface area contributed by atoms with Crippen LogP contribution in [0.25, 0.3) is 0 Å². The van der Waals surface area contributed by atoms with Gasteiger partial charge in [0.05, 0.1) is 12.6 Å². The van der Waals surface area contributed by atoms with Crippen molar-refractivity contribution in [2.45, 2.75) is 77.1 Å². The zero-order valence-corrected chi connectivity index (χ0v) is 13.0. The Hall–Kier alpha value is -0.840. The maximum Gasteiger partial charge on any atom is 0.407 e. The van der Waals surface area contributed by atoms with E-state index in [4.69, 9.17) is 4.74 Å². The zero-order valence-electron chi connectivity index (χ0n) is 13.0. The molecule has 0 aromatic heterocycles. The summed E-state index contributed by atoms with van der Waals surface area (Å²) in [6.45, 7) is 6.91. The van der Waals surface area contributed by atoms with Gasteiger partial charge in [-0.2, -0.15) is 0 Å². The lowest BCUT2D eigenvalue weighted by Gasteiger charge is -2.33. The highest BCUT2D eigenvalue weighted by molar-refractivity contribution is 5.68. The number of hydrogen-bond acceptors (Lipinski definition) is 3. The van der Waals surface area contributed by atoms with Crippen molar-refractivity contribution >= 4 is 6.09 Å². The molecule has 1 aliphatic carbocycles. The molecule has 0 aliphatic heterocycles. The lowest BCUT2D eigenvalue weighted by Crippen LogP contribution is -2.42. The SMILES string of the molecule is CC1(F)CCC(C[C@@H](CO)NC(=O)OC(C)(C)C)CC1. The maximum atomic E-state index is 13.7. The molecular weight excluding hydrogens is 261 g/mol. The van der Waals surface area contributed by atoms with Crippen molar-refractivity contribution in [3.8, 4) is 0 Å². The average Bonchev–Trinajstić information content (AvgIpc) is 2.28. The van der Waals surface area contributed by atoms with Gasteiger partial charge < -0.3 is 15.2 Å². The smallest absolute Gasteiger partial charge is 0.407 e. The molecular formula is C15H28FNO3. The van der Waals surface area contributed by atoms with Crippen LogP contribution < -0.4 is 5.32 Å². The van der Waals surface area contributed by atoms with E-state index in [2.05, 4.69) is 5.32 Å². The highest BCUT2D eigenvalue weighted by atomic mass is 19.1. The number of halogens is 1. The summed E-state index contributed by atoms with van der Waals surface area (Å²) in [5.41, 5.74) is -1.60. The second-order valence-corrected chi connectivity index (χ2v) is 7.12. The first-order valence-electron chi connectivity index (χ1n) is 7.40. The summed E-state index contributed by atoms with van der Waals surface area (Å²) in [6.07, 6.45) is 2.89. The zero-order chi connectivity index (χ0) is 15.4. The van der Waals surface area contributed by atoms with Gasteiger partial charge in [-0.3, -0.25) is 0 Å². The molecule has 0 bridgehead atoms. The monoisotopic (exact) mass is 289 g/mol. The Morgan fingerprint density at radius 1 is 1.45 bits per heavy atom. The van der Waals surface area contributed by atoms with Crippen molar-refractivity contribution in [3.05, 3.63) is 0 Å². The minimum Gasteiger partial charge on any atom is -0.444 e. The number of nitrogens with one attached hydrogen (secondary N) is 1. The van der Waals surface area contributed by atoms with Crippen molar-refractivity contribution in [1.82, 2.24) is 5.32 Å². The van der Waals surface area contributed by atoms with Crippen LogP contribution in [-0.4, -0.2) is 35.1 Å². The molecule has 0 aromatic carbocycles. The van der Waals surface area contributed by atoms with Crippen LogP contribution in [0.5, 0.6) is 0 Å². The Bertz CT molecular complexity index is 316. The Labute approximate surface area is 121 Å². The van der Waals surface area contributed by atoms with E-state index >= 15 is 0 Å². The third-order valence-electron chi connectivity index (χ3n) is 3.71. The van der Waals surface area contributed by atoms with Gasteiger partial charge in [0, 0.05) is 0 Å². The summed E-state index contributed by atoms with van der Waals surface area (Å²) < 4.78 is 18.9. The number of hydrogen-bond donors (Lipinski definition) is 2. The molecule has 0 aromatic rings. The standard InChI is InChI=1S/C15H28FNO3/c1-14(2,3)20-13(19)17-12(10-18)9-11-5-7-15(4,16)8-6-11/h11-12,18H,5-10H2,1-4H3,(H,17,19)/t11?,12-,15?/m0/s1. The fourth-order valence-corrected chi connectivity index (χ4v) is 2.57. The summed E-state index contributed by atoms with van der Waals surface area (Å²) in [5.74, 6) is 0.353. The van der Waals surface area contributed by atoms with E-state index in [1.165, 1.54) is 0 Å². The van der Waals surface area contributed by atoms with E-state index in [1.54, 1.807) is 27.7 Å². The van der Waals surface area contributed by atoms with Gasteiger partial charge in [0.2, 0.25) is 0 Å². The predicted octanol–water partition coefficient (Wildman–Crippen LogP) is 3.18. The van der Waals surface area contributed by atoms with Crippen LogP contribution in [0.1, 0.15) is 59.8 Å². The molecule has 1 rings (SSSR count). The van der Waals surface area contributed by atoms with Crippen LogP contribution in [0.3, 0.4) is 0 Å². The van der Waals surface area contributed by atoms with Gasteiger partial charge in [0.15, 0.2) is 0 Å². The second kappa shape index (κ2) is 6.74. The van der Waals surface area contributed by atoms with E-state index in [1.807, 2.05) is 0 Å². The van der Waals surface area contributed by atoms with Crippen molar-refractivity contribution < 1.29 is 19.0 Å². The fraction of sp³-hybridized carbons (Fsp3) is 0.933. The first kappa shape index (κ1) is 17.2. The van der Waals surface area contributed by atoms with Crippen molar-refractivity contribution in [2.24, 2.45) is 5.92 Å². The van der Waals surface area contributed by atoms with Crippen LogP contribution in [0.4, 0.5) is 9.18 Å². The summed E-state index contributed by atoms with van der Waals surface area (Å²) in [6, 6.07) is -0.321. The molecule has 2 N–H and O–H groups in total. The molecule has 0 spiro atoms. The van der Waals surface area contributed by atoms with Gasteiger partial charge in [-0.15, -0.1) is 0 Å². The van der Waals surface area contributed by atoms with Crippen molar-refractivity contribution in [2.75, 3.05) is 6.61 Å². The Balaban J connectivity index is 2.38. The highest BCUT2D eigenvalue weighted by Gasteiger charge is 2.32. The second-order valence-electron chi connectivity index (χ2n) is 7.12. The molecule has 0 unspecified atom stereocenters. The highest BCUT2D eigenvalue weighted by Crippen LogP contribution is 2.36. The Morgan fingerprint density at radius 2 is 2.00 bits per heavy atom. The number of alkyl halides is 1. The molecule has 1 saturated carbocycles. The molecule has 1 aliphatic rings. The summed E-state index contributed by atoms with van der Waals surface area (Å²) in [4.78, 5) is 11.7. The topological polar surface area (TPSA) is 58.6 Å². The molecule has 1 amide bonds. The van der Waals surface area contributed by atoms with Gasteiger partial charge in [-0.25, -0.2) is 9.18 Å². The van der Waals surface area contributed by atoms with E-state index in [0.717, 1.165) is 12.8 Å². The first-order chi connectivity index (χ1) is 9.11. The minimum atomic E-state index is -1.05. The fourth-order valence-electron chi connectivity index (χ4n) is 2.57. The Morgan fingerprint density at radius 3 is 2.45 bits per heavy atom. The van der Waals surface area contributed by atoms with Crippen LogP contribution in [0.2, 0.25) is 0 Å². The quantitative estimate of drug-likeness (QED) is 0.835. The summed E-state index contributed by atoms with van der Waals surface area (Å²) in [5, 5.41) is 12.0. The van der Waals surface area contributed by atoms with Gasteiger partial charge >= 0.3 is 6.09 Å². The normalized spacial score (nSPS) is 28.8.